The highest BCUT2D eigenvalue weighted by Gasteiger charge is 2.36. The fourth-order valence-corrected chi connectivity index (χ4v) is 3.77. The molecule has 0 unspecified atom stereocenters. The van der Waals surface area contributed by atoms with E-state index in [-0.39, 0.29) is 6.04 Å². The Labute approximate surface area is 120 Å². The lowest BCUT2D eigenvalue weighted by atomic mass is 10.3. The van der Waals surface area contributed by atoms with Crippen LogP contribution in [0.4, 0.5) is 0 Å². The maximum atomic E-state index is 12.5. The molecule has 2 rings (SSSR count). The van der Waals surface area contributed by atoms with Gasteiger partial charge in [0, 0.05) is 19.7 Å². The van der Waals surface area contributed by atoms with Crippen LogP contribution in [0.15, 0.2) is 29.2 Å². The van der Waals surface area contributed by atoms with Crippen molar-refractivity contribution in [3.05, 3.63) is 24.3 Å². The van der Waals surface area contributed by atoms with Crippen LogP contribution in [0.1, 0.15) is 19.8 Å². The van der Waals surface area contributed by atoms with Gasteiger partial charge in [0.2, 0.25) is 10.0 Å². The monoisotopic (exact) mass is 299 g/mol. The Morgan fingerprint density at radius 1 is 1.20 bits per heavy atom. The molecule has 1 saturated carbocycles. The van der Waals surface area contributed by atoms with E-state index in [2.05, 4.69) is 0 Å². The molecule has 1 aromatic carbocycles. The van der Waals surface area contributed by atoms with Crippen molar-refractivity contribution in [3.63, 3.8) is 0 Å². The fraction of sp³-hybridized carbons (Fsp3) is 0.571. The molecule has 5 nitrogen and oxygen atoms in total. The van der Waals surface area contributed by atoms with Crippen LogP contribution in [-0.4, -0.2) is 45.6 Å². The smallest absolute Gasteiger partial charge is 0.243 e. The molecule has 0 saturated heterocycles. The molecule has 0 spiro atoms. The SMILES string of the molecule is CCN(C1CC1)S(=O)(=O)c1ccc(OCCOC)cc1. The number of hydrogen-bond donors (Lipinski definition) is 0. The quantitative estimate of drug-likeness (QED) is 0.688. The summed E-state index contributed by atoms with van der Waals surface area (Å²) in [6, 6.07) is 6.75. The molecule has 0 heterocycles. The minimum absolute atomic E-state index is 0.183. The average molecular weight is 299 g/mol. The van der Waals surface area contributed by atoms with Gasteiger partial charge in [-0.3, -0.25) is 0 Å². The number of nitrogens with zero attached hydrogens (tertiary/aromatic N) is 1. The number of sulfonamides is 1. The zero-order valence-corrected chi connectivity index (χ0v) is 12.7. The van der Waals surface area contributed by atoms with Gasteiger partial charge in [-0.15, -0.1) is 0 Å². The first kappa shape index (κ1) is 15.3. The fourth-order valence-electron chi connectivity index (χ4n) is 2.07. The van der Waals surface area contributed by atoms with Crippen molar-refractivity contribution < 1.29 is 17.9 Å². The third-order valence-corrected chi connectivity index (χ3v) is 5.29. The van der Waals surface area contributed by atoms with Gasteiger partial charge in [-0.2, -0.15) is 4.31 Å². The van der Waals surface area contributed by atoms with E-state index in [1.807, 2.05) is 6.92 Å². The maximum Gasteiger partial charge on any atom is 0.243 e. The third-order valence-electron chi connectivity index (χ3n) is 3.25. The lowest BCUT2D eigenvalue weighted by Crippen LogP contribution is -2.32. The molecule has 0 amide bonds. The van der Waals surface area contributed by atoms with Gasteiger partial charge < -0.3 is 9.47 Å². The van der Waals surface area contributed by atoms with Gasteiger partial charge in [0.05, 0.1) is 11.5 Å². The summed E-state index contributed by atoms with van der Waals surface area (Å²) in [5.41, 5.74) is 0. The number of methoxy groups -OCH3 is 1. The largest absolute Gasteiger partial charge is 0.491 e. The van der Waals surface area contributed by atoms with E-state index in [0.717, 1.165) is 12.8 Å². The van der Waals surface area contributed by atoms with Gasteiger partial charge in [-0.1, -0.05) is 6.92 Å². The molecule has 112 valence electrons. The van der Waals surface area contributed by atoms with E-state index >= 15 is 0 Å². The second kappa shape index (κ2) is 6.56. The third kappa shape index (κ3) is 3.50. The van der Waals surface area contributed by atoms with Gasteiger partial charge in [0.25, 0.3) is 0 Å². The summed E-state index contributed by atoms with van der Waals surface area (Å²) in [5.74, 6) is 0.649. The zero-order valence-electron chi connectivity index (χ0n) is 11.9. The first-order chi connectivity index (χ1) is 9.59. The van der Waals surface area contributed by atoms with E-state index in [0.29, 0.717) is 30.4 Å². The second-order valence-electron chi connectivity index (χ2n) is 4.75. The summed E-state index contributed by atoms with van der Waals surface area (Å²) in [4.78, 5) is 0.324. The molecule has 1 aliphatic carbocycles. The van der Waals surface area contributed by atoms with E-state index in [4.69, 9.17) is 9.47 Å². The molecule has 0 radical (unpaired) electrons. The number of rotatable bonds is 8. The van der Waals surface area contributed by atoms with Gasteiger partial charge >= 0.3 is 0 Å². The average Bonchev–Trinajstić information content (AvgIpc) is 3.25. The molecular weight excluding hydrogens is 278 g/mol. The summed E-state index contributed by atoms with van der Waals surface area (Å²) in [7, 11) is -1.77. The molecule has 20 heavy (non-hydrogen) atoms. The Hall–Kier alpha value is -1.11. The van der Waals surface area contributed by atoms with Crippen LogP contribution >= 0.6 is 0 Å². The molecular formula is C14H21NO4S. The van der Waals surface area contributed by atoms with Gasteiger partial charge in [-0.05, 0) is 37.1 Å². The Kier molecular flexibility index (Phi) is 5.01. The molecule has 0 aromatic heterocycles. The Morgan fingerprint density at radius 3 is 2.35 bits per heavy atom. The van der Waals surface area contributed by atoms with Crippen LogP contribution in [0.5, 0.6) is 5.75 Å². The topological polar surface area (TPSA) is 55.8 Å². The summed E-state index contributed by atoms with van der Waals surface area (Å²) in [6.07, 6.45) is 1.93. The normalized spacial score (nSPS) is 15.6. The van der Waals surface area contributed by atoms with Crippen LogP contribution in [0.3, 0.4) is 0 Å². The Balaban J connectivity index is 2.08. The highest BCUT2D eigenvalue weighted by atomic mass is 32.2. The van der Waals surface area contributed by atoms with Gasteiger partial charge in [0.15, 0.2) is 0 Å². The van der Waals surface area contributed by atoms with Gasteiger partial charge in [0.1, 0.15) is 12.4 Å². The Morgan fingerprint density at radius 2 is 1.85 bits per heavy atom. The van der Waals surface area contributed by atoms with Crippen LogP contribution < -0.4 is 4.74 Å². The molecule has 1 fully saturated rings. The van der Waals surface area contributed by atoms with Crippen molar-refractivity contribution in [1.82, 2.24) is 4.31 Å². The van der Waals surface area contributed by atoms with Crippen molar-refractivity contribution in [2.75, 3.05) is 26.9 Å². The van der Waals surface area contributed by atoms with Crippen molar-refractivity contribution in [1.29, 1.82) is 0 Å². The molecule has 6 heteroatoms. The maximum absolute atomic E-state index is 12.5. The highest BCUT2D eigenvalue weighted by molar-refractivity contribution is 7.89. The number of hydrogen-bond acceptors (Lipinski definition) is 4. The van der Waals surface area contributed by atoms with E-state index in [1.165, 1.54) is 0 Å². The van der Waals surface area contributed by atoms with Crippen molar-refractivity contribution in [2.24, 2.45) is 0 Å². The first-order valence-electron chi connectivity index (χ1n) is 6.83. The van der Waals surface area contributed by atoms with Crippen LogP contribution in [0.25, 0.3) is 0 Å². The molecule has 1 aliphatic rings. The summed E-state index contributed by atoms with van der Waals surface area (Å²) in [5, 5.41) is 0. The zero-order chi connectivity index (χ0) is 14.6. The summed E-state index contributed by atoms with van der Waals surface area (Å²) < 4.78 is 36.9. The minimum Gasteiger partial charge on any atom is -0.491 e. The predicted octanol–water partition coefficient (Wildman–Crippen LogP) is 1.88. The lowest BCUT2D eigenvalue weighted by molar-refractivity contribution is 0.146. The second-order valence-corrected chi connectivity index (χ2v) is 6.64. The Bertz CT molecular complexity index is 523. The highest BCUT2D eigenvalue weighted by Crippen LogP contribution is 2.32. The van der Waals surface area contributed by atoms with Crippen LogP contribution in [0.2, 0.25) is 0 Å². The van der Waals surface area contributed by atoms with Crippen molar-refractivity contribution >= 4 is 10.0 Å². The van der Waals surface area contributed by atoms with Crippen LogP contribution in [0, 0.1) is 0 Å². The number of benzene rings is 1. The lowest BCUT2D eigenvalue weighted by Gasteiger charge is -2.20. The summed E-state index contributed by atoms with van der Waals surface area (Å²) >= 11 is 0. The predicted molar refractivity (Wildman–Crippen MR) is 76.4 cm³/mol. The van der Waals surface area contributed by atoms with Gasteiger partial charge in [-0.25, -0.2) is 8.42 Å². The first-order valence-corrected chi connectivity index (χ1v) is 8.27. The number of ether oxygens (including phenoxy) is 2. The summed E-state index contributed by atoms with van der Waals surface area (Å²) in [6.45, 7) is 3.34. The van der Waals surface area contributed by atoms with Crippen molar-refractivity contribution in [3.8, 4) is 5.75 Å². The van der Waals surface area contributed by atoms with Crippen LogP contribution in [-0.2, 0) is 14.8 Å². The van der Waals surface area contributed by atoms with Crippen molar-refractivity contribution in [2.45, 2.75) is 30.7 Å². The molecule has 1 aromatic rings. The van der Waals surface area contributed by atoms with E-state index < -0.39 is 10.0 Å². The molecule has 0 aliphatic heterocycles. The molecule has 0 bridgehead atoms. The van der Waals surface area contributed by atoms with E-state index in [1.54, 1.807) is 35.7 Å². The van der Waals surface area contributed by atoms with E-state index in [9.17, 15) is 8.42 Å². The molecule has 0 atom stereocenters. The standard InChI is InChI=1S/C14H21NO4S/c1-3-15(12-4-5-12)20(16,17)14-8-6-13(7-9-14)19-11-10-18-2/h6-9,12H,3-5,10-11H2,1-2H3. The molecule has 0 N–H and O–H groups in total. The minimum atomic E-state index is -3.38.